The maximum atomic E-state index is 13.7. The summed E-state index contributed by atoms with van der Waals surface area (Å²) in [4.78, 5) is 32.5. The molecule has 1 aromatic carbocycles. The Kier molecular flexibility index (Phi) is 5.73. The molecule has 5 rings (SSSR count). The van der Waals surface area contributed by atoms with E-state index in [9.17, 15) is 9.59 Å². The minimum absolute atomic E-state index is 0.00948. The Labute approximate surface area is 205 Å². The van der Waals surface area contributed by atoms with Gasteiger partial charge in [0.05, 0.1) is 32.5 Å². The third-order valence-electron chi connectivity index (χ3n) is 7.77. The SMILES string of the molecule is CCN1C(=O)N2Cc3cc(OC)cc(OC)c3C(C)C=C2C12CCN(C(=O)c1cnoc1C)CC2. The summed E-state index contributed by atoms with van der Waals surface area (Å²) in [6.45, 7) is 8.08. The predicted molar refractivity (Wildman–Crippen MR) is 128 cm³/mol. The molecule has 3 aliphatic rings. The molecule has 186 valence electrons. The van der Waals surface area contributed by atoms with E-state index in [0.717, 1.165) is 22.6 Å². The Morgan fingerprint density at radius 2 is 1.97 bits per heavy atom. The Morgan fingerprint density at radius 3 is 2.57 bits per heavy atom. The number of carbonyl (C=O) groups excluding carboxylic acids is 2. The van der Waals surface area contributed by atoms with Crippen LogP contribution in [0, 0.1) is 6.92 Å². The quantitative estimate of drug-likeness (QED) is 0.659. The minimum atomic E-state index is -0.445. The number of aromatic nitrogens is 1. The zero-order valence-electron chi connectivity index (χ0n) is 21.0. The van der Waals surface area contributed by atoms with Crippen LogP contribution in [0.5, 0.6) is 11.5 Å². The van der Waals surface area contributed by atoms with Crippen molar-refractivity contribution >= 4 is 11.9 Å². The van der Waals surface area contributed by atoms with E-state index in [1.54, 1.807) is 21.1 Å². The van der Waals surface area contributed by atoms with Crippen LogP contribution in [0.1, 0.15) is 59.9 Å². The number of methoxy groups -OCH3 is 2. The number of allylic oxidation sites excluding steroid dienone is 1. The fourth-order valence-corrected chi connectivity index (χ4v) is 6.02. The predicted octanol–water partition coefficient (Wildman–Crippen LogP) is 3.93. The number of amides is 3. The molecule has 2 fully saturated rings. The number of aryl methyl sites for hydroxylation is 1. The lowest BCUT2D eigenvalue weighted by Crippen LogP contribution is -2.54. The van der Waals surface area contributed by atoms with E-state index >= 15 is 0 Å². The molecule has 0 N–H and O–H groups in total. The number of likely N-dealkylation sites (N-methyl/N-ethyl adjacent to an activating group) is 1. The van der Waals surface area contributed by atoms with Crippen LogP contribution in [0.2, 0.25) is 0 Å². The molecule has 2 saturated heterocycles. The van der Waals surface area contributed by atoms with Gasteiger partial charge in [0.25, 0.3) is 5.91 Å². The molecule has 35 heavy (non-hydrogen) atoms. The number of hydrogen-bond donors (Lipinski definition) is 0. The maximum absolute atomic E-state index is 13.7. The van der Waals surface area contributed by atoms with Gasteiger partial charge in [-0.25, -0.2) is 4.79 Å². The van der Waals surface area contributed by atoms with Gasteiger partial charge in [-0.1, -0.05) is 18.2 Å². The van der Waals surface area contributed by atoms with Crippen molar-refractivity contribution in [1.82, 2.24) is 19.9 Å². The molecule has 4 heterocycles. The summed E-state index contributed by atoms with van der Waals surface area (Å²) in [6.07, 6.45) is 5.05. The second-order valence-electron chi connectivity index (χ2n) is 9.48. The standard InChI is InChI=1S/C26H32N4O5/c1-6-30-25(32)29-15-18-12-19(33-4)13-21(34-5)23(18)16(2)11-22(29)26(30)7-9-28(10-8-26)24(31)20-14-27-35-17(20)3/h11-14,16H,6-10,15H2,1-5H3. The molecule has 9 heteroatoms. The largest absolute Gasteiger partial charge is 0.497 e. The molecule has 0 radical (unpaired) electrons. The van der Waals surface area contributed by atoms with Gasteiger partial charge in [0.15, 0.2) is 0 Å². The summed E-state index contributed by atoms with van der Waals surface area (Å²) in [5, 5.41) is 3.75. The molecule has 0 bridgehead atoms. The van der Waals surface area contributed by atoms with Crippen LogP contribution >= 0.6 is 0 Å². The van der Waals surface area contributed by atoms with E-state index in [0.29, 0.717) is 56.1 Å². The molecule has 1 atom stereocenters. The van der Waals surface area contributed by atoms with Gasteiger partial charge < -0.3 is 23.8 Å². The summed E-state index contributed by atoms with van der Waals surface area (Å²) in [5.41, 5.74) is 3.19. The van der Waals surface area contributed by atoms with Crippen LogP contribution < -0.4 is 9.47 Å². The first-order valence-corrected chi connectivity index (χ1v) is 12.1. The molecular weight excluding hydrogens is 448 g/mol. The van der Waals surface area contributed by atoms with Gasteiger partial charge in [0.1, 0.15) is 22.8 Å². The third-order valence-corrected chi connectivity index (χ3v) is 7.77. The highest BCUT2D eigenvalue weighted by Gasteiger charge is 2.55. The van der Waals surface area contributed by atoms with E-state index in [1.807, 2.05) is 33.8 Å². The van der Waals surface area contributed by atoms with Crippen LogP contribution in [0.3, 0.4) is 0 Å². The molecule has 0 saturated carbocycles. The number of likely N-dealkylation sites (tertiary alicyclic amines) is 1. The summed E-state index contributed by atoms with van der Waals surface area (Å²) in [7, 11) is 3.30. The number of piperidine rings is 1. The van der Waals surface area contributed by atoms with Crippen molar-refractivity contribution in [3.8, 4) is 11.5 Å². The fourth-order valence-electron chi connectivity index (χ4n) is 6.02. The van der Waals surface area contributed by atoms with Gasteiger partial charge in [-0.3, -0.25) is 9.69 Å². The van der Waals surface area contributed by atoms with E-state index < -0.39 is 5.54 Å². The van der Waals surface area contributed by atoms with Gasteiger partial charge in [-0.05, 0) is 38.3 Å². The fraction of sp³-hybridized carbons (Fsp3) is 0.500. The summed E-state index contributed by atoms with van der Waals surface area (Å²) < 4.78 is 16.3. The van der Waals surface area contributed by atoms with E-state index in [-0.39, 0.29) is 17.9 Å². The first-order chi connectivity index (χ1) is 16.8. The lowest BCUT2D eigenvalue weighted by Gasteiger charge is -2.44. The molecule has 1 spiro atoms. The molecule has 2 aromatic rings. The monoisotopic (exact) mass is 480 g/mol. The minimum Gasteiger partial charge on any atom is -0.497 e. The molecule has 1 unspecified atom stereocenters. The van der Waals surface area contributed by atoms with Gasteiger partial charge in [-0.15, -0.1) is 0 Å². The number of carbonyl (C=O) groups is 2. The average Bonchev–Trinajstić information content (AvgIpc) is 3.32. The van der Waals surface area contributed by atoms with Crippen LogP contribution in [0.25, 0.3) is 0 Å². The molecule has 3 aliphatic heterocycles. The van der Waals surface area contributed by atoms with Crippen molar-refractivity contribution in [3.05, 3.63) is 52.6 Å². The number of benzene rings is 1. The molecule has 3 amide bonds. The number of rotatable bonds is 4. The highest BCUT2D eigenvalue weighted by Crippen LogP contribution is 2.49. The normalized spacial score (nSPS) is 20.9. The summed E-state index contributed by atoms with van der Waals surface area (Å²) in [6, 6.07) is 3.91. The van der Waals surface area contributed by atoms with E-state index in [4.69, 9.17) is 14.0 Å². The van der Waals surface area contributed by atoms with Crippen molar-refractivity contribution < 1.29 is 23.6 Å². The smallest absolute Gasteiger partial charge is 0.325 e. The van der Waals surface area contributed by atoms with Crippen LogP contribution in [-0.4, -0.2) is 71.2 Å². The molecule has 1 aromatic heterocycles. The van der Waals surface area contributed by atoms with Crippen molar-refractivity contribution in [2.24, 2.45) is 0 Å². The van der Waals surface area contributed by atoms with E-state index in [1.165, 1.54) is 6.20 Å². The zero-order valence-corrected chi connectivity index (χ0v) is 21.0. The van der Waals surface area contributed by atoms with Crippen LogP contribution in [-0.2, 0) is 6.54 Å². The Bertz CT molecular complexity index is 1190. The molecule has 0 aliphatic carbocycles. The lowest BCUT2D eigenvalue weighted by atomic mass is 9.82. The highest BCUT2D eigenvalue weighted by atomic mass is 16.5. The number of urea groups is 1. The first-order valence-electron chi connectivity index (χ1n) is 12.1. The average molecular weight is 481 g/mol. The van der Waals surface area contributed by atoms with Crippen LogP contribution in [0.4, 0.5) is 4.79 Å². The van der Waals surface area contributed by atoms with Gasteiger partial charge in [0.2, 0.25) is 0 Å². The number of hydrogen-bond acceptors (Lipinski definition) is 6. The summed E-state index contributed by atoms with van der Waals surface area (Å²) >= 11 is 0. The van der Waals surface area contributed by atoms with Crippen molar-refractivity contribution in [2.45, 2.75) is 51.6 Å². The topological polar surface area (TPSA) is 88.4 Å². The summed E-state index contributed by atoms with van der Waals surface area (Å²) in [5.74, 6) is 1.97. The third kappa shape index (κ3) is 3.47. The second kappa shape index (κ2) is 8.62. The number of fused-ring (bicyclic) bond motifs is 3. The molecule has 9 nitrogen and oxygen atoms in total. The molecular formula is C26H32N4O5. The van der Waals surface area contributed by atoms with Crippen LogP contribution in [0.15, 0.2) is 34.6 Å². The van der Waals surface area contributed by atoms with Crippen molar-refractivity contribution in [3.63, 3.8) is 0 Å². The Morgan fingerprint density at radius 1 is 1.23 bits per heavy atom. The van der Waals surface area contributed by atoms with Gasteiger partial charge in [-0.2, -0.15) is 0 Å². The Balaban J connectivity index is 1.50. The van der Waals surface area contributed by atoms with Crippen molar-refractivity contribution in [1.29, 1.82) is 0 Å². The zero-order chi connectivity index (χ0) is 24.9. The van der Waals surface area contributed by atoms with Crippen molar-refractivity contribution in [2.75, 3.05) is 33.9 Å². The van der Waals surface area contributed by atoms with E-state index in [2.05, 4.69) is 18.2 Å². The lowest BCUT2D eigenvalue weighted by molar-refractivity contribution is 0.0574. The number of nitrogens with zero attached hydrogens (tertiary/aromatic N) is 4. The van der Waals surface area contributed by atoms with Gasteiger partial charge in [0, 0.05) is 42.9 Å². The van der Waals surface area contributed by atoms with Gasteiger partial charge >= 0.3 is 6.03 Å². The number of ether oxygens (including phenoxy) is 2. The Hall–Kier alpha value is -3.49. The first kappa shape index (κ1) is 23.3. The maximum Gasteiger partial charge on any atom is 0.325 e. The highest BCUT2D eigenvalue weighted by molar-refractivity contribution is 5.95. The second-order valence-corrected chi connectivity index (χ2v) is 9.48.